The molecule has 2 aliphatic heterocycles. The summed E-state index contributed by atoms with van der Waals surface area (Å²) in [6.07, 6.45) is 8.47. The van der Waals surface area contributed by atoms with Crippen LogP contribution in [0.4, 0.5) is 11.4 Å². The zero-order valence-electron chi connectivity index (χ0n) is 20.7. The monoisotopic (exact) mass is 503 g/mol. The highest BCUT2D eigenvalue weighted by Crippen LogP contribution is 2.31. The Morgan fingerprint density at radius 2 is 2.03 bits per heavy atom. The summed E-state index contributed by atoms with van der Waals surface area (Å²) in [4.78, 5) is 27.4. The number of amides is 1. The lowest BCUT2D eigenvalue weighted by atomic mass is 10.1. The quantitative estimate of drug-likeness (QED) is 0.323. The van der Waals surface area contributed by atoms with E-state index >= 15 is 0 Å². The first-order valence-corrected chi connectivity index (χ1v) is 13.4. The number of carbonyl (C=O) groups excluding carboxylic acids is 1. The number of nitrogens with one attached hydrogen (secondary N) is 3. The second-order valence-corrected chi connectivity index (χ2v) is 10.1. The fraction of sp³-hybridized carbons (Fsp3) is 0.370. The highest BCUT2D eigenvalue weighted by Gasteiger charge is 2.15. The van der Waals surface area contributed by atoms with E-state index in [1.165, 1.54) is 38.0 Å². The summed E-state index contributed by atoms with van der Waals surface area (Å²) in [6, 6.07) is 10.3. The van der Waals surface area contributed by atoms with Gasteiger partial charge >= 0.3 is 0 Å². The van der Waals surface area contributed by atoms with Gasteiger partial charge in [0.2, 0.25) is 6.41 Å². The average Bonchev–Trinajstić information content (AvgIpc) is 3.69. The number of hydrogen-bond acceptors (Lipinski definition) is 7. The normalized spacial score (nSPS) is 16.1. The molecule has 0 atom stereocenters. The van der Waals surface area contributed by atoms with Crippen LogP contribution in [0.3, 0.4) is 0 Å². The topological polar surface area (TPSA) is 89.2 Å². The summed E-state index contributed by atoms with van der Waals surface area (Å²) in [7, 11) is 2.01. The molecule has 5 heterocycles. The molecule has 1 aromatic carbocycles. The van der Waals surface area contributed by atoms with Gasteiger partial charge in [-0.25, -0.2) is 9.97 Å². The summed E-state index contributed by atoms with van der Waals surface area (Å²) in [5.74, 6) is 0. The molecule has 0 radical (unpaired) electrons. The van der Waals surface area contributed by atoms with Crippen molar-refractivity contribution in [2.24, 2.45) is 0 Å². The highest BCUT2D eigenvalue weighted by molar-refractivity contribution is 7.16. The summed E-state index contributed by atoms with van der Waals surface area (Å²) in [5.41, 5.74) is 8.06. The molecule has 36 heavy (non-hydrogen) atoms. The number of anilines is 2. The third-order valence-corrected chi connectivity index (χ3v) is 7.55. The number of aromatic amines is 1. The molecule has 6 rings (SSSR count). The van der Waals surface area contributed by atoms with E-state index in [-0.39, 0.29) is 0 Å². The number of likely N-dealkylation sites (tertiary alicyclic amines) is 1. The molecule has 0 saturated carbocycles. The van der Waals surface area contributed by atoms with Gasteiger partial charge in [-0.2, -0.15) is 0 Å². The third kappa shape index (κ3) is 5.75. The summed E-state index contributed by atoms with van der Waals surface area (Å²) >= 11 is 1.63. The minimum atomic E-state index is 0.654. The zero-order chi connectivity index (χ0) is 24.7. The highest BCUT2D eigenvalue weighted by atomic mass is 32.1. The van der Waals surface area contributed by atoms with Crippen LogP contribution in [-0.2, 0) is 4.79 Å². The largest absolute Gasteiger partial charge is 0.355 e. The lowest BCUT2D eigenvalue weighted by Crippen LogP contribution is -2.27. The molecule has 1 saturated heterocycles. The van der Waals surface area contributed by atoms with Crippen LogP contribution in [0.25, 0.3) is 26.8 Å². The van der Waals surface area contributed by atoms with Crippen molar-refractivity contribution in [3.8, 4) is 0 Å². The molecule has 8 nitrogen and oxygen atoms in total. The second-order valence-electron chi connectivity index (χ2n) is 9.20. The Labute approximate surface area is 215 Å². The maximum atomic E-state index is 10.9. The number of hydrogen-bond donors (Lipinski definition) is 3. The first kappa shape index (κ1) is 24.4. The molecule has 1 amide bonds. The van der Waals surface area contributed by atoms with Crippen molar-refractivity contribution in [2.75, 3.05) is 51.6 Å². The third-order valence-electron chi connectivity index (χ3n) is 6.75. The van der Waals surface area contributed by atoms with Crippen LogP contribution >= 0.6 is 11.3 Å². The van der Waals surface area contributed by atoms with Gasteiger partial charge in [-0.3, -0.25) is 4.79 Å². The van der Waals surface area contributed by atoms with Gasteiger partial charge in [-0.15, -0.1) is 11.3 Å². The Balaban J connectivity index is 0.000000252. The molecule has 9 heteroatoms. The van der Waals surface area contributed by atoms with Crippen LogP contribution in [0.5, 0.6) is 0 Å². The van der Waals surface area contributed by atoms with Crippen LogP contribution in [0.15, 0.2) is 48.1 Å². The van der Waals surface area contributed by atoms with Crippen molar-refractivity contribution in [3.05, 3.63) is 53.8 Å². The second kappa shape index (κ2) is 11.6. The van der Waals surface area contributed by atoms with Gasteiger partial charge < -0.3 is 25.4 Å². The van der Waals surface area contributed by atoms with Crippen molar-refractivity contribution in [1.29, 1.82) is 0 Å². The van der Waals surface area contributed by atoms with Crippen molar-refractivity contribution >= 4 is 55.9 Å². The zero-order valence-corrected chi connectivity index (χ0v) is 21.5. The number of benzene rings is 1. The number of carbonyl (C=O) groups is 1. The van der Waals surface area contributed by atoms with E-state index < -0.39 is 0 Å². The van der Waals surface area contributed by atoms with E-state index in [9.17, 15) is 4.79 Å². The minimum Gasteiger partial charge on any atom is -0.355 e. The van der Waals surface area contributed by atoms with E-state index in [2.05, 4.69) is 48.7 Å². The molecule has 0 spiro atoms. The Morgan fingerprint density at radius 3 is 2.81 bits per heavy atom. The van der Waals surface area contributed by atoms with Crippen LogP contribution in [-0.4, -0.2) is 77.5 Å². The van der Waals surface area contributed by atoms with Crippen LogP contribution in [0.1, 0.15) is 25.0 Å². The molecule has 2 aliphatic rings. The van der Waals surface area contributed by atoms with Gasteiger partial charge in [0, 0.05) is 49.1 Å². The van der Waals surface area contributed by atoms with Gasteiger partial charge in [0.25, 0.3) is 0 Å². The number of rotatable bonds is 7. The molecular weight excluding hydrogens is 470 g/mol. The Hall–Kier alpha value is -3.27. The number of fused-ring (bicyclic) bond motifs is 2. The summed E-state index contributed by atoms with van der Waals surface area (Å²) in [6.45, 7) is 6.42. The van der Waals surface area contributed by atoms with Gasteiger partial charge in [0.05, 0.1) is 21.4 Å². The Bertz CT molecular complexity index is 1340. The molecule has 0 aliphatic carbocycles. The van der Waals surface area contributed by atoms with Crippen molar-refractivity contribution in [1.82, 2.24) is 30.1 Å². The molecule has 4 aromatic rings. The lowest BCUT2D eigenvalue weighted by molar-refractivity contribution is -0.117. The van der Waals surface area contributed by atoms with E-state index in [1.54, 1.807) is 22.4 Å². The molecular formula is C27H33N7OS. The van der Waals surface area contributed by atoms with Crippen molar-refractivity contribution in [2.45, 2.75) is 19.3 Å². The minimum absolute atomic E-state index is 0.654. The number of thiazole rings is 1. The SMILES string of the molecule is CNCCN1CCCC1.O=CN1CC=C(c2cc3c(Nc4ccc5ncsc5c4)ccnc3[nH]2)CC1. The summed E-state index contributed by atoms with van der Waals surface area (Å²) < 4.78 is 1.16. The fourth-order valence-electron chi connectivity index (χ4n) is 4.70. The molecule has 3 N–H and O–H groups in total. The van der Waals surface area contributed by atoms with Crippen LogP contribution < -0.4 is 10.6 Å². The smallest absolute Gasteiger partial charge is 0.209 e. The van der Waals surface area contributed by atoms with E-state index in [0.29, 0.717) is 6.54 Å². The first-order chi connectivity index (χ1) is 17.7. The van der Waals surface area contributed by atoms with E-state index in [0.717, 1.165) is 64.2 Å². The van der Waals surface area contributed by atoms with Gasteiger partial charge in [0.1, 0.15) is 5.65 Å². The first-order valence-electron chi connectivity index (χ1n) is 12.6. The predicted molar refractivity (Wildman–Crippen MR) is 149 cm³/mol. The predicted octanol–water partition coefficient (Wildman–Crippen LogP) is 4.46. The molecule has 0 bridgehead atoms. The van der Waals surface area contributed by atoms with Crippen molar-refractivity contribution < 1.29 is 4.79 Å². The number of H-pyrrole nitrogens is 1. The lowest BCUT2D eigenvalue weighted by Gasteiger charge is -2.21. The Morgan fingerprint density at radius 1 is 1.14 bits per heavy atom. The van der Waals surface area contributed by atoms with Gasteiger partial charge in [-0.05, 0) is 75.3 Å². The maximum Gasteiger partial charge on any atom is 0.209 e. The van der Waals surface area contributed by atoms with Crippen LogP contribution in [0.2, 0.25) is 0 Å². The summed E-state index contributed by atoms with van der Waals surface area (Å²) in [5, 5.41) is 7.71. The standard InChI is InChI=1S/C20H17N5OS.C7H16N2/c26-12-25-7-4-13(5-8-25)18-10-15-16(3-6-21-20(15)24-18)23-14-1-2-17-19(9-14)27-11-22-17;1-8-4-7-9-5-2-3-6-9/h1-4,6,9-12H,5,7-8H2,(H2,21,23,24);8H,2-7H2,1H3. The van der Waals surface area contributed by atoms with Gasteiger partial charge in [0.15, 0.2) is 0 Å². The number of nitrogens with zero attached hydrogens (tertiary/aromatic N) is 4. The number of aromatic nitrogens is 3. The molecule has 3 aromatic heterocycles. The Kier molecular flexibility index (Phi) is 7.90. The number of likely N-dealkylation sites (N-methyl/N-ethyl adjacent to an activating group) is 1. The average molecular weight is 504 g/mol. The van der Waals surface area contributed by atoms with Gasteiger partial charge in [-0.1, -0.05) is 6.08 Å². The molecule has 1 fully saturated rings. The molecule has 0 unspecified atom stereocenters. The molecule has 188 valence electrons. The van der Waals surface area contributed by atoms with E-state index in [1.807, 2.05) is 30.8 Å². The van der Waals surface area contributed by atoms with E-state index in [4.69, 9.17) is 0 Å². The fourth-order valence-corrected chi connectivity index (χ4v) is 5.41. The number of pyridine rings is 1. The van der Waals surface area contributed by atoms with Crippen LogP contribution in [0, 0.1) is 0 Å². The van der Waals surface area contributed by atoms with Crippen molar-refractivity contribution in [3.63, 3.8) is 0 Å². The maximum absolute atomic E-state index is 10.9.